The molecule has 0 aliphatic heterocycles. The van der Waals surface area contributed by atoms with E-state index in [0.717, 1.165) is 5.56 Å². The van der Waals surface area contributed by atoms with Crippen LogP contribution in [0.25, 0.3) is 0 Å². The van der Waals surface area contributed by atoms with Crippen molar-refractivity contribution in [2.45, 2.75) is 12.5 Å². The van der Waals surface area contributed by atoms with Crippen LogP contribution in [-0.2, 0) is 16.1 Å². The zero-order chi connectivity index (χ0) is 10.6. The molecule has 0 saturated heterocycles. The van der Waals surface area contributed by atoms with Crippen LogP contribution in [-0.4, -0.2) is 17.2 Å². The lowest BCUT2D eigenvalue weighted by molar-refractivity contribution is -0.150. The van der Waals surface area contributed by atoms with E-state index in [1.807, 2.05) is 0 Å². The van der Waals surface area contributed by atoms with Crippen LogP contribution >= 0.6 is 11.6 Å². The molecule has 3 N–H and O–H groups in total. The molecule has 0 amide bonds. The molecule has 5 heteroatoms. The van der Waals surface area contributed by atoms with Gasteiger partial charge >= 0.3 is 5.97 Å². The van der Waals surface area contributed by atoms with E-state index < -0.39 is 12.1 Å². The monoisotopic (exact) mass is 215 g/mol. The number of hydrogen-bond donors (Lipinski definition) is 2. The molecule has 1 aromatic carbocycles. The lowest BCUT2D eigenvalue weighted by atomic mass is 10.1. The van der Waals surface area contributed by atoms with E-state index in [4.69, 9.17) is 22.6 Å². The molecule has 76 valence electrons. The van der Waals surface area contributed by atoms with Crippen molar-refractivity contribution < 1.29 is 14.7 Å². The number of carbonyl (C=O) groups is 1. The summed E-state index contributed by atoms with van der Waals surface area (Å²) in [6.07, 6.45) is -0.792. The molecule has 4 nitrogen and oxygen atoms in total. The predicted molar refractivity (Wildman–Crippen MR) is 51.9 cm³/mol. The molecular formula is C9H10ClNO3. The molecule has 1 unspecified atom stereocenters. The third-order valence-electron chi connectivity index (χ3n) is 1.77. The number of halogens is 1. The number of benzene rings is 1. The zero-order valence-corrected chi connectivity index (χ0v) is 8.07. The summed E-state index contributed by atoms with van der Waals surface area (Å²) in [6, 6.07) is 6.84. The van der Waals surface area contributed by atoms with Crippen LogP contribution in [0.1, 0.15) is 5.56 Å². The number of aliphatic carboxylic acids is 1. The van der Waals surface area contributed by atoms with E-state index in [0.29, 0.717) is 5.02 Å². The van der Waals surface area contributed by atoms with E-state index in [1.54, 1.807) is 24.3 Å². The average Bonchev–Trinajstić information content (AvgIpc) is 2.16. The summed E-state index contributed by atoms with van der Waals surface area (Å²) in [5, 5.41) is 9.26. The topological polar surface area (TPSA) is 72.5 Å². The van der Waals surface area contributed by atoms with Crippen molar-refractivity contribution >= 4 is 17.6 Å². The van der Waals surface area contributed by atoms with E-state index in [9.17, 15) is 4.79 Å². The fourth-order valence-electron chi connectivity index (χ4n) is 1.03. The van der Waals surface area contributed by atoms with Crippen LogP contribution in [0.15, 0.2) is 24.3 Å². The smallest absolute Gasteiger partial charge is 0.335 e. The Bertz CT molecular complexity index is 312. The van der Waals surface area contributed by atoms with Gasteiger partial charge in [-0.25, -0.2) is 10.7 Å². The number of carboxylic acid groups (broad SMARTS) is 1. The van der Waals surface area contributed by atoms with Gasteiger partial charge in [0.25, 0.3) is 0 Å². The van der Waals surface area contributed by atoms with Gasteiger partial charge in [-0.05, 0) is 17.7 Å². The lowest BCUT2D eigenvalue weighted by Gasteiger charge is -2.08. The van der Waals surface area contributed by atoms with E-state index in [1.165, 1.54) is 0 Å². The number of nitrogens with two attached hydrogens (primary N) is 1. The van der Waals surface area contributed by atoms with Crippen molar-refractivity contribution in [2.24, 2.45) is 5.90 Å². The Morgan fingerprint density at radius 1 is 1.50 bits per heavy atom. The fourth-order valence-corrected chi connectivity index (χ4v) is 1.15. The lowest BCUT2D eigenvalue weighted by Crippen LogP contribution is -2.29. The van der Waals surface area contributed by atoms with Gasteiger partial charge < -0.3 is 5.11 Å². The largest absolute Gasteiger partial charge is 0.479 e. The van der Waals surface area contributed by atoms with Gasteiger partial charge in [0.15, 0.2) is 6.10 Å². The van der Waals surface area contributed by atoms with Gasteiger partial charge in [0.1, 0.15) is 0 Å². The third-order valence-corrected chi connectivity index (χ3v) is 2.03. The standard InChI is InChI=1S/C9H10ClNO3/c10-7-3-1-6(2-4-7)5-8(14-11)9(12)13/h1-4,8H,5,11H2,(H,12,13). The normalized spacial score (nSPS) is 12.4. The quantitative estimate of drug-likeness (QED) is 0.741. The molecule has 1 aromatic rings. The van der Waals surface area contributed by atoms with E-state index in [-0.39, 0.29) is 6.42 Å². The molecule has 0 heterocycles. The molecule has 0 fully saturated rings. The van der Waals surface area contributed by atoms with Gasteiger partial charge in [-0.3, -0.25) is 4.84 Å². The molecule has 0 spiro atoms. The summed E-state index contributed by atoms with van der Waals surface area (Å²) in [6.45, 7) is 0. The van der Waals surface area contributed by atoms with Gasteiger partial charge in [0.2, 0.25) is 0 Å². The Morgan fingerprint density at radius 2 is 2.07 bits per heavy atom. The summed E-state index contributed by atoms with van der Waals surface area (Å²) < 4.78 is 0. The van der Waals surface area contributed by atoms with Crippen LogP contribution in [0, 0.1) is 0 Å². The SMILES string of the molecule is NOC(Cc1ccc(Cl)cc1)C(=O)O. The fraction of sp³-hybridized carbons (Fsp3) is 0.222. The van der Waals surface area contributed by atoms with Gasteiger partial charge in [-0.2, -0.15) is 0 Å². The molecule has 0 aliphatic rings. The van der Waals surface area contributed by atoms with Crippen molar-refractivity contribution in [3.63, 3.8) is 0 Å². The summed E-state index contributed by atoms with van der Waals surface area (Å²) in [4.78, 5) is 14.9. The molecular weight excluding hydrogens is 206 g/mol. The minimum absolute atomic E-state index is 0.225. The van der Waals surface area contributed by atoms with Crippen LogP contribution in [0.2, 0.25) is 5.02 Å². The molecule has 1 rings (SSSR count). The highest BCUT2D eigenvalue weighted by molar-refractivity contribution is 6.30. The second-order valence-corrected chi connectivity index (χ2v) is 3.23. The first-order valence-corrected chi connectivity index (χ1v) is 4.34. The summed E-state index contributed by atoms with van der Waals surface area (Å²) >= 11 is 5.67. The molecule has 0 bridgehead atoms. The molecule has 14 heavy (non-hydrogen) atoms. The second kappa shape index (κ2) is 4.95. The Balaban J connectivity index is 2.67. The summed E-state index contributed by atoms with van der Waals surface area (Å²) in [7, 11) is 0. The highest BCUT2D eigenvalue weighted by Crippen LogP contribution is 2.11. The van der Waals surface area contributed by atoms with Gasteiger partial charge in [-0.1, -0.05) is 23.7 Å². The molecule has 1 atom stereocenters. The van der Waals surface area contributed by atoms with Crippen molar-refractivity contribution in [1.82, 2.24) is 0 Å². The number of hydrogen-bond acceptors (Lipinski definition) is 3. The maximum absolute atomic E-state index is 10.6. The third kappa shape index (κ3) is 2.99. The van der Waals surface area contributed by atoms with Crippen molar-refractivity contribution in [3.05, 3.63) is 34.9 Å². The average molecular weight is 216 g/mol. The van der Waals surface area contributed by atoms with E-state index in [2.05, 4.69) is 4.84 Å². The van der Waals surface area contributed by atoms with Crippen LogP contribution in [0.3, 0.4) is 0 Å². The Hall–Kier alpha value is -1.10. The van der Waals surface area contributed by atoms with Gasteiger partial charge in [0.05, 0.1) is 0 Å². The molecule has 0 saturated carbocycles. The molecule has 0 aromatic heterocycles. The number of carboxylic acids is 1. The maximum atomic E-state index is 10.6. The van der Waals surface area contributed by atoms with Gasteiger partial charge in [-0.15, -0.1) is 0 Å². The maximum Gasteiger partial charge on any atom is 0.335 e. The predicted octanol–water partition coefficient (Wildman–Crippen LogP) is 1.23. The van der Waals surface area contributed by atoms with Gasteiger partial charge in [0, 0.05) is 11.4 Å². The minimum atomic E-state index is -1.08. The van der Waals surface area contributed by atoms with Crippen LogP contribution < -0.4 is 5.90 Å². The van der Waals surface area contributed by atoms with Crippen molar-refractivity contribution in [2.75, 3.05) is 0 Å². The Morgan fingerprint density at radius 3 is 2.50 bits per heavy atom. The molecule has 0 aliphatic carbocycles. The first kappa shape index (κ1) is 11.0. The minimum Gasteiger partial charge on any atom is -0.479 e. The molecule has 0 radical (unpaired) electrons. The zero-order valence-electron chi connectivity index (χ0n) is 7.31. The highest BCUT2D eigenvalue weighted by atomic mass is 35.5. The van der Waals surface area contributed by atoms with Crippen molar-refractivity contribution in [1.29, 1.82) is 0 Å². The summed E-state index contributed by atoms with van der Waals surface area (Å²) in [5.74, 6) is 3.76. The number of rotatable bonds is 4. The first-order chi connectivity index (χ1) is 6.63. The van der Waals surface area contributed by atoms with Crippen molar-refractivity contribution in [3.8, 4) is 0 Å². The van der Waals surface area contributed by atoms with Crippen LogP contribution in [0.4, 0.5) is 0 Å². The second-order valence-electron chi connectivity index (χ2n) is 2.79. The van der Waals surface area contributed by atoms with Crippen LogP contribution in [0.5, 0.6) is 0 Å². The summed E-state index contributed by atoms with van der Waals surface area (Å²) in [5.41, 5.74) is 0.812. The van der Waals surface area contributed by atoms with E-state index >= 15 is 0 Å². The Kier molecular flexibility index (Phi) is 3.88. The first-order valence-electron chi connectivity index (χ1n) is 3.96. The highest BCUT2D eigenvalue weighted by Gasteiger charge is 2.17. The Labute approximate surface area is 86.2 Å².